The molecule has 1 aromatic rings. The Kier molecular flexibility index (Phi) is 3.61. The first-order valence-electron chi connectivity index (χ1n) is 6.38. The Hall–Kier alpha value is -2.17. The van der Waals surface area contributed by atoms with E-state index in [0.717, 1.165) is 0 Å². The SMILES string of the molecule is COC(=O)C1CN(C(=O)c2ccccc2)C(C)(C)C1=O. The summed E-state index contributed by atoms with van der Waals surface area (Å²) in [6.07, 6.45) is 0. The highest BCUT2D eigenvalue weighted by molar-refractivity contribution is 6.09. The van der Waals surface area contributed by atoms with Gasteiger partial charge in [0.15, 0.2) is 5.78 Å². The quantitative estimate of drug-likeness (QED) is 0.602. The number of amides is 1. The average molecular weight is 275 g/mol. The third kappa shape index (κ3) is 2.19. The summed E-state index contributed by atoms with van der Waals surface area (Å²) in [5, 5.41) is 0. The number of benzene rings is 1. The van der Waals surface area contributed by atoms with Gasteiger partial charge in [-0.3, -0.25) is 14.4 Å². The summed E-state index contributed by atoms with van der Waals surface area (Å²) in [6.45, 7) is 3.37. The number of hydrogen-bond acceptors (Lipinski definition) is 4. The summed E-state index contributed by atoms with van der Waals surface area (Å²) < 4.78 is 4.63. The van der Waals surface area contributed by atoms with Crippen LogP contribution < -0.4 is 0 Å². The van der Waals surface area contributed by atoms with Gasteiger partial charge in [0, 0.05) is 12.1 Å². The van der Waals surface area contributed by atoms with Crippen molar-refractivity contribution in [2.45, 2.75) is 19.4 Å². The Bertz CT molecular complexity index is 550. The number of carbonyl (C=O) groups excluding carboxylic acids is 3. The maximum atomic E-state index is 12.5. The zero-order valence-electron chi connectivity index (χ0n) is 11.8. The van der Waals surface area contributed by atoms with Crippen LogP contribution in [0.5, 0.6) is 0 Å². The summed E-state index contributed by atoms with van der Waals surface area (Å²) in [7, 11) is 1.24. The highest BCUT2D eigenvalue weighted by Crippen LogP contribution is 2.31. The van der Waals surface area contributed by atoms with E-state index in [2.05, 4.69) is 4.74 Å². The van der Waals surface area contributed by atoms with Crippen LogP contribution >= 0.6 is 0 Å². The number of hydrogen-bond donors (Lipinski definition) is 0. The number of esters is 1. The first-order chi connectivity index (χ1) is 9.39. The summed E-state index contributed by atoms with van der Waals surface area (Å²) in [5.41, 5.74) is -0.509. The standard InChI is InChI=1S/C15H17NO4/c1-15(2)12(17)11(14(19)20-3)9-16(15)13(18)10-7-5-4-6-8-10/h4-8,11H,9H2,1-3H3. The van der Waals surface area contributed by atoms with E-state index in [1.54, 1.807) is 38.1 Å². The van der Waals surface area contributed by atoms with E-state index >= 15 is 0 Å². The number of Topliss-reactive ketones (excluding diaryl/α,β-unsaturated/α-hetero) is 1. The maximum Gasteiger partial charge on any atom is 0.318 e. The van der Waals surface area contributed by atoms with Gasteiger partial charge in [0.25, 0.3) is 5.91 Å². The molecule has 0 aliphatic carbocycles. The van der Waals surface area contributed by atoms with Crippen molar-refractivity contribution in [2.75, 3.05) is 13.7 Å². The van der Waals surface area contributed by atoms with Crippen LogP contribution in [0.3, 0.4) is 0 Å². The molecule has 1 aromatic carbocycles. The predicted octanol–water partition coefficient (Wildman–Crippen LogP) is 1.28. The Balaban J connectivity index is 2.31. The predicted molar refractivity (Wildman–Crippen MR) is 72.1 cm³/mol. The van der Waals surface area contributed by atoms with Gasteiger partial charge >= 0.3 is 5.97 Å². The summed E-state index contributed by atoms with van der Waals surface area (Å²) >= 11 is 0. The van der Waals surface area contributed by atoms with Gasteiger partial charge in [-0.1, -0.05) is 18.2 Å². The number of methoxy groups -OCH3 is 1. The number of rotatable bonds is 2. The van der Waals surface area contributed by atoms with Crippen LogP contribution in [0.15, 0.2) is 30.3 Å². The number of likely N-dealkylation sites (tertiary alicyclic amines) is 1. The molecule has 2 rings (SSSR count). The van der Waals surface area contributed by atoms with Crippen molar-refractivity contribution in [2.24, 2.45) is 5.92 Å². The smallest absolute Gasteiger partial charge is 0.318 e. The molecule has 0 radical (unpaired) electrons. The van der Waals surface area contributed by atoms with Crippen molar-refractivity contribution < 1.29 is 19.1 Å². The molecule has 0 spiro atoms. The molecular weight excluding hydrogens is 258 g/mol. The third-order valence-corrected chi connectivity index (χ3v) is 3.71. The second-order valence-electron chi connectivity index (χ2n) is 5.28. The van der Waals surface area contributed by atoms with Gasteiger partial charge < -0.3 is 9.64 Å². The largest absolute Gasteiger partial charge is 0.468 e. The molecule has 1 heterocycles. The van der Waals surface area contributed by atoms with E-state index in [-0.39, 0.29) is 18.2 Å². The van der Waals surface area contributed by atoms with Crippen molar-refractivity contribution in [3.05, 3.63) is 35.9 Å². The molecule has 5 heteroatoms. The highest BCUT2D eigenvalue weighted by atomic mass is 16.5. The number of carbonyl (C=O) groups is 3. The molecule has 20 heavy (non-hydrogen) atoms. The van der Waals surface area contributed by atoms with Crippen LogP contribution in [0.2, 0.25) is 0 Å². The Morgan fingerprint density at radius 3 is 2.40 bits per heavy atom. The maximum absolute atomic E-state index is 12.5. The lowest BCUT2D eigenvalue weighted by Gasteiger charge is -2.29. The minimum atomic E-state index is -1.01. The Morgan fingerprint density at radius 1 is 1.25 bits per heavy atom. The molecule has 1 aliphatic heterocycles. The van der Waals surface area contributed by atoms with Crippen molar-refractivity contribution in [1.29, 1.82) is 0 Å². The van der Waals surface area contributed by atoms with Crippen LogP contribution in [0.1, 0.15) is 24.2 Å². The van der Waals surface area contributed by atoms with Gasteiger partial charge in [0.1, 0.15) is 5.92 Å². The Labute approximate surface area is 117 Å². The number of ether oxygens (including phenoxy) is 1. The summed E-state index contributed by atoms with van der Waals surface area (Å²) in [4.78, 5) is 37.8. The van der Waals surface area contributed by atoms with Gasteiger partial charge in [-0.15, -0.1) is 0 Å². The fourth-order valence-electron chi connectivity index (χ4n) is 2.45. The van der Waals surface area contributed by atoms with Gasteiger partial charge in [-0.05, 0) is 26.0 Å². The van der Waals surface area contributed by atoms with Crippen molar-refractivity contribution in [3.8, 4) is 0 Å². The fourth-order valence-corrected chi connectivity index (χ4v) is 2.45. The fraction of sp³-hybridized carbons (Fsp3) is 0.400. The summed E-state index contributed by atoms with van der Waals surface area (Å²) in [6, 6.07) is 8.71. The monoisotopic (exact) mass is 275 g/mol. The third-order valence-electron chi connectivity index (χ3n) is 3.71. The molecule has 1 saturated heterocycles. The average Bonchev–Trinajstić information content (AvgIpc) is 2.69. The molecule has 1 atom stereocenters. The topological polar surface area (TPSA) is 63.7 Å². The molecule has 0 aromatic heterocycles. The van der Waals surface area contributed by atoms with Crippen molar-refractivity contribution >= 4 is 17.7 Å². The molecule has 0 saturated carbocycles. The zero-order chi connectivity index (χ0) is 14.9. The first-order valence-corrected chi connectivity index (χ1v) is 6.38. The van der Waals surface area contributed by atoms with Gasteiger partial charge in [-0.2, -0.15) is 0 Å². The molecule has 1 unspecified atom stereocenters. The molecule has 1 fully saturated rings. The van der Waals surface area contributed by atoms with Crippen LogP contribution in [0.4, 0.5) is 0 Å². The lowest BCUT2D eigenvalue weighted by Crippen LogP contribution is -2.46. The minimum Gasteiger partial charge on any atom is -0.468 e. The first kappa shape index (κ1) is 14.2. The molecule has 0 N–H and O–H groups in total. The molecule has 0 bridgehead atoms. The van der Waals surface area contributed by atoms with Gasteiger partial charge in [0.05, 0.1) is 12.6 Å². The van der Waals surface area contributed by atoms with Crippen LogP contribution in [-0.4, -0.2) is 41.8 Å². The molecule has 106 valence electrons. The van der Waals surface area contributed by atoms with E-state index in [1.165, 1.54) is 12.0 Å². The van der Waals surface area contributed by atoms with Crippen molar-refractivity contribution in [1.82, 2.24) is 4.90 Å². The Morgan fingerprint density at radius 2 is 1.85 bits per heavy atom. The van der Waals surface area contributed by atoms with E-state index in [1.807, 2.05) is 6.07 Å². The molecule has 1 amide bonds. The van der Waals surface area contributed by atoms with E-state index in [0.29, 0.717) is 5.56 Å². The number of ketones is 1. The van der Waals surface area contributed by atoms with Crippen LogP contribution in [0.25, 0.3) is 0 Å². The van der Waals surface area contributed by atoms with Crippen LogP contribution in [-0.2, 0) is 14.3 Å². The van der Waals surface area contributed by atoms with Gasteiger partial charge in [0.2, 0.25) is 0 Å². The lowest BCUT2D eigenvalue weighted by molar-refractivity contribution is -0.148. The lowest BCUT2D eigenvalue weighted by atomic mass is 9.94. The summed E-state index contributed by atoms with van der Waals surface area (Å²) in [5.74, 6) is -2.03. The number of nitrogens with zero attached hydrogens (tertiary/aromatic N) is 1. The van der Waals surface area contributed by atoms with Crippen molar-refractivity contribution in [3.63, 3.8) is 0 Å². The van der Waals surface area contributed by atoms with E-state index in [4.69, 9.17) is 0 Å². The highest BCUT2D eigenvalue weighted by Gasteiger charge is 2.52. The van der Waals surface area contributed by atoms with E-state index in [9.17, 15) is 14.4 Å². The second-order valence-corrected chi connectivity index (χ2v) is 5.28. The van der Waals surface area contributed by atoms with Gasteiger partial charge in [-0.25, -0.2) is 0 Å². The molecule has 1 aliphatic rings. The van der Waals surface area contributed by atoms with E-state index < -0.39 is 17.4 Å². The second kappa shape index (κ2) is 5.07. The molecular formula is C15H17NO4. The normalized spacial score (nSPS) is 20.9. The minimum absolute atomic E-state index is 0.0617. The zero-order valence-corrected chi connectivity index (χ0v) is 11.8. The van der Waals surface area contributed by atoms with Crippen LogP contribution in [0, 0.1) is 5.92 Å². The molecule has 5 nitrogen and oxygen atoms in total.